The molecule has 1 saturated heterocycles. The summed E-state index contributed by atoms with van der Waals surface area (Å²) in [5.74, 6) is 0. The fraction of sp³-hybridized carbons (Fsp3) is 0.625. The van der Waals surface area contributed by atoms with Crippen molar-refractivity contribution in [1.29, 1.82) is 0 Å². The molecular formula is C16H25NO3S. The quantitative estimate of drug-likeness (QED) is 0.933. The molecule has 1 aliphatic heterocycles. The van der Waals surface area contributed by atoms with Gasteiger partial charge in [0.05, 0.1) is 17.0 Å². The Morgan fingerprint density at radius 2 is 1.81 bits per heavy atom. The van der Waals surface area contributed by atoms with Gasteiger partial charge in [0, 0.05) is 6.54 Å². The third-order valence-electron chi connectivity index (χ3n) is 4.13. The fourth-order valence-corrected chi connectivity index (χ4v) is 4.50. The number of rotatable bonds is 3. The molecular weight excluding hydrogens is 286 g/mol. The molecule has 1 aromatic rings. The maximum Gasteiger partial charge on any atom is 0.243 e. The first-order valence-corrected chi connectivity index (χ1v) is 8.84. The van der Waals surface area contributed by atoms with Crippen molar-refractivity contribution in [2.45, 2.75) is 57.6 Å². The molecule has 5 heteroatoms. The van der Waals surface area contributed by atoms with E-state index in [1.54, 1.807) is 24.3 Å². The van der Waals surface area contributed by atoms with Gasteiger partial charge in [-0.2, -0.15) is 4.31 Å². The van der Waals surface area contributed by atoms with E-state index in [0.717, 1.165) is 12.0 Å². The molecule has 1 N–H and O–H groups in total. The molecule has 1 aromatic carbocycles. The van der Waals surface area contributed by atoms with E-state index in [-0.39, 0.29) is 11.5 Å². The second-order valence-electron chi connectivity index (χ2n) is 6.95. The number of nitrogens with zero attached hydrogens (tertiary/aromatic N) is 1. The molecule has 4 nitrogen and oxygen atoms in total. The molecule has 1 heterocycles. The van der Waals surface area contributed by atoms with Gasteiger partial charge in [0.1, 0.15) is 0 Å². The van der Waals surface area contributed by atoms with E-state index in [1.807, 2.05) is 27.7 Å². The van der Waals surface area contributed by atoms with Crippen LogP contribution in [0.4, 0.5) is 0 Å². The van der Waals surface area contributed by atoms with E-state index in [1.165, 1.54) is 4.31 Å². The smallest absolute Gasteiger partial charge is 0.243 e. The summed E-state index contributed by atoms with van der Waals surface area (Å²) in [5, 5.41) is 10.5. The molecule has 1 fully saturated rings. The van der Waals surface area contributed by atoms with Crippen LogP contribution in [-0.2, 0) is 10.0 Å². The third kappa shape index (κ3) is 3.30. The van der Waals surface area contributed by atoms with E-state index in [2.05, 4.69) is 0 Å². The summed E-state index contributed by atoms with van der Waals surface area (Å²) in [6.07, 6.45) is 0.840. The molecule has 0 bridgehead atoms. The van der Waals surface area contributed by atoms with E-state index in [9.17, 15) is 13.5 Å². The average molecular weight is 311 g/mol. The average Bonchev–Trinajstić information content (AvgIpc) is 2.87. The minimum absolute atomic E-state index is 0.307. The highest BCUT2D eigenvalue weighted by Crippen LogP contribution is 2.34. The van der Waals surface area contributed by atoms with Gasteiger partial charge >= 0.3 is 0 Å². The number of hydrogen-bond acceptors (Lipinski definition) is 3. The lowest BCUT2D eigenvalue weighted by Crippen LogP contribution is -2.47. The zero-order valence-electron chi connectivity index (χ0n) is 13.2. The monoisotopic (exact) mass is 311 g/mol. The first kappa shape index (κ1) is 16.5. The van der Waals surface area contributed by atoms with Gasteiger partial charge in [-0.05, 0) is 37.3 Å². The van der Waals surface area contributed by atoms with E-state index in [4.69, 9.17) is 0 Å². The summed E-state index contributed by atoms with van der Waals surface area (Å²) < 4.78 is 27.1. The topological polar surface area (TPSA) is 57.6 Å². The minimum atomic E-state index is -3.54. The molecule has 0 radical (unpaired) electrons. The van der Waals surface area contributed by atoms with Gasteiger partial charge in [0.2, 0.25) is 10.0 Å². The van der Waals surface area contributed by atoms with Crippen LogP contribution >= 0.6 is 0 Å². The Morgan fingerprint density at radius 1 is 1.24 bits per heavy atom. The van der Waals surface area contributed by atoms with Crippen LogP contribution in [0.15, 0.2) is 29.2 Å². The lowest BCUT2D eigenvalue weighted by atomic mass is 9.84. The van der Waals surface area contributed by atoms with Gasteiger partial charge < -0.3 is 5.11 Å². The van der Waals surface area contributed by atoms with Crippen molar-refractivity contribution in [3.8, 4) is 0 Å². The van der Waals surface area contributed by atoms with Crippen LogP contribution in [0.1, 0.15) is 39.2 Å². The molecule has 0 spiro atoms. The Hall–Kier alpha value is -0.910. The second-order valence-corrected chi connectivity index (χ2v) is 8.84. The number of aliphatic hydroxyl groups is 1. The maximum atomic E-state index is 12.8. The minimum Gasteiger partial charge on any atom is -0.391 e. The Morgan fingerprint density at radius 3 is 2.33 bits per heavy atom. The van der Waals surface area contributed by atoms with Gasteiger partial charge in [0.25, 0.3) is 0 Å². The van der Waals surface area contributed by atoms with Crippen LogP contribution in [0.25, 0.3) is 0 Å². The number of aryl methyl sites for hydroxylation is 1. The van der Waals surface area contributed by atoms with E-state index < -0.39 is 16.1 Å². The molecule has 1 aliphatic rings. The molecule has 2 rings (SSSR count). The van der Waals surface area contributed by atoms with Crippen LogP contribution < -0.4 is 0 Å². The van der Waals surface area contributed by atoms with Crippen molar-refractivity contribution in [2.75, 3.05) is 6.54 Å². The van der Waals surface area contributed by atoms with Crippen LogP contribution in [-0.4, -0.2) is 36.5 Å². The van der Waals surface area contributed by atoms with Crippen molar-refractivity contribution >= 4 is 10.0 Å². The molecule has 21 heavy (non-hydrogen) atoms. The number of hydrogen-bond donors (Lipinski definition) is 1. The highest BCUT2D eigenvalue weighted by molar-refractivity contribution is 7.89. The molecule has 0 aromatic heterocycles. The Kier molecular flexibility index (Phi) is 4.47. The lowest BCUT2D eigenvalue weighted by Gasteiger charge is -2.35. The Bertz CT molecular complexity index is 587. The lowest BCUT2D eigenvalue weighted by molar-refractivity contribution is 0.0156. The highest BCUT2D eigenvalue weighted by atomic mass is 32.2. The summed E-state index contributed by atoms with van der Waals surface area (Å²) in [6, 6.07) is 6.56. The van der Waals surface area contributed by atoms with E-state index >= 15 is 0 Å². The van der Waals surface area contributed by atoms with Gasteiger partial charge in [-0.15, -0.1) is 0 Å². The Labute approximate surface area is 127 Å². The molecule has 0 amide bonds. The van der Waals surface area contributed by atoms with Gasteiger partial charge in [-0.25, -0.2) is 8.42 Å². The zero-order valence-corrected chi connectivity index (χ0v) is 14.0. The first-order chi connectivity index (χ1) is 9.64. The number of aliphatic hydroxyl groups excluding tert-OH is 1. The fourth-order valence-electron chi connectivity index (χ4n) is 2.80. The van der Waals surface area contributed by atoms with E-state index in [0.29, 0.717) is 17.9 Å². The van der Waals surface area contributed by atoms with Crippen LogP contribution in [0, 0.1) is 12.3 Å². The van der Waals surface area contributed by atoms with Gasteiger partial charge in [-0.1, -0.05) is 38.5 Å². The number of sulfonamides is 1. The van der Waals surface area contributed by atoms with Crippen LogP contribution in [0.2, 0.25) is 0 Å². The summed E-state index contributed by atoms with van der Waals surface area (Å²) in [4.78, 5) is 0.307. The van der Waals surface area contributed by atoms with Crippen molar-refractivity contribution in [3.05, 3.63) is 29.8 Å². The van der Waals surface area contributed by atoms with Crippen molar-refractivity contribution in [3.63, 3.8) is 0 Å². The summed E-state index contributed by atoms with van der Waals surface area (Å²) >= 11 is 0. The second kappa shape index (κ2) is 5.71. The molecule has 0 saturated carbocycles. The van der Waals surface area contributed by atoms with Gasteiger partial charge in [0.15, 0.2) is 0 Å². The first-order valence-electron chi connectivity index (χ1n) is 7.40. The zero-order chi connectivity index (χ0) is 15.8. The summed E-state index contributed by atoms with van der Waals surface area (Å²) in [7, 11) is -3.54. The molecule has 1 unspecified atom stereocenters. The maximum absolute atomic E-state index is 12.8. The predicted octanol–water partition coefficient (Wildman–Crippen LogP) is 2.56. The predicted molar refractivity (Wildman–Crippen MR) is 83.6 cm³/mol. The summed E-state index contributed by atoms with van der Waals surface area (Å²) in [6.45, 7) is 8.22. The van der Waals surface area contributed by atoms with Crippen LogP contribution in [0.5, 0.6) is 0 Å². The highest BCUT2D eigenvalue weighted by Gasteiger charge is 2.42. The van der Waals surface area contributed by atoms with Crippen molar-refractivity contribution in [1.82, 2.24) is 4.31 Å². The standard InChI is InChI=1S/C16H25NO3S/c1-12-7-9-13(10-8-12)21(19,20)17-11-5-6-14(17)15(18)16(2,3)4/h7-10,14-15,18H,5-6,11H2,1-4H3/t14-,15?/m1/s1. The molecule has 0 aliphatic carbocycles. The van der Waals surface area contributed by atoms with Crippen molar-refractivity contribution in [2.24, 2.45) is 5.41 Å². The van der Waals surface area contributed by atoms with Crippen LogP contribution in [0.3, 0.4) is 0 Å². The number of benzene rings is 1. The molecule has 118 valence electrons. The van der Waals surface area contributed by atoms with Gasteiger partial charge in [-0.3, -0.25) is 0 Å². The normalized spacial score (nSPS) is 22.4. The Balaban J connectivity index is 2.33. The molecule has 2 atom stereocenters. The van der Waals surface area contributed by atoms with Crippen molar-refractivity contribution < 1.29 is 13.5 Å². The summed E-state index contributed by atoms with van der Waals surface area (Å²) in [5.41, 5.74) is 0.692. The largest absolute Gasteiger partial charge is 0.391 e. The third-order valence-corrected chi connectivity index (χ3v) is 6.07. The SMILES string of the molecule is Cc1ccc(S(=O)(=O)N2CCC[C@@H]2C(O)C(C)(C)C)cc1.